The molecule has 0 spiro atoms. The molecular formula is C14H25N3O. The third kappa shape index (κ3) is 3.96. The van der Waals surface area contributed by atoms with E-state index in [2.05, 4.69) is 29.2 Å². The van der Waals surface area contributed by atoms with Crippen LogP contribution in [0.3, 0.4) is 0 Å². The highest BCUT2D eigenvalue weighted by molar-refractivity contribution is 5.40. The third-order valence-electron chi connectivity index (χ3n) is 3.14. The van der Waals surface area contributed by atoms with Crippen LogP contribution in [0, 0.1) is 13.8 Å². The van der Waals surface area contributed by atoms with Crippen LogP contribution < -0.4 is 10.1 Å². The van der Waals surface area contributed by atoms with Gasteiger partial charge in [0.1, 0.15) is 5.75 Å². The van der Waals surface area contributed by atoms with E-state index in [9.17, 15) is 0 Å². The highest BCUT2D eigenvalue weighted by Gasteiger charge is 2.10. The quantitative estimate of drug-likeness (QED) is 0.749. The molecule has 1 aromatic rings. The molecule has 0 aliphatic heterocycles. The fourth-order valence-corrected chi connectivity index (χ4v) is 2.09. The van der Waals surface area contributed by atoms with E-state index in [-0.39, 0.29) is 0 Å². The molecule has 0 aliphatic carbocycles. The van der Waals surface area contributed by atoms with Crippen molar-refractivity contribution in [2.45, 2.75) is 26.8 Å². The van der Waals surface area contributed by atoms with Crippen molar-refractivity contribution < 1.29 is 4.74 Å². The molecular weight excluding hydrogens is 226 g/mol. The molecule has 1 aromatic heterocycles. The minimum absolute atomic E-state index is 0.867. The summed E-state index contributed by atoms with van der Waals surface area (Å²) < 4.78 is 5.43. The predicted octanol–water partition coefficient (Wildman–Crippen LogP) is 1.75. The van der Waals surface area contributed by atoms with Crippen LogP contribution in [-0.4, -0.2) is 44.2 Å². The number of rotatable bonds is 7. The summed E-state index contributed by atoms with van der Waals surface area (Å²) in [6.45, 7) is 7.09. The van der Waals surface area contributed by atoms with Crippen LogP contribution in [0.1, 0.15) is 23.2 Å². The van der Waals surface area contributed by atoms with E-state index in [0.717, 1.165) is 48.6 Å². The molecule has 1 N–H and O–H groups in total. The molecule has 18 heavy (non-hydrogen) atoms. The van der Waals surface area contributed by atoms with Gasteiger partial charge in [0.15, 0.2) is 0 Å². The van der Waals surface area contributed by atoms with E-state index in [4.69, 9.17) is 4.74 Å². The van der Waals surface area contributed by atoms with Crippen molar-refractivity contribution in [1.29, 1.82) is 0 Å². The second kappa shape index (κ2) is 7.34. The molecule has 0 saturated carbocycles. The van der Waals surface area contributed by atoms with E-state index in [1.807, 2.05) is 20.2 Å². The highest BCUT2D eigenvalue weighted by atomic mass is 16.5. The van der Waals surface area contributed by atoms with Gasteiger partial charge in [-0.3, -0.25) is 4.98 Å². The largest absolute Gasteiger partial charge is 0.496 e. The molecule has 4 heteroatoms. The van der Waals surface area contributed by atoms with Gasteiger partial charge in [-0.15, -0.1) is 0 Å². The van der Waals surface area contributed by atoms with E-state index < -0.39 is 0 Å². The van der Waals surface area contributed by atoms with Gasteiger partial charge in [0.25, 0.3) is 0 Å². The lowest BCUT2D eigenvalue weighted by molar-refractivity contribution is 0.315. The van der Waals surface area contributed by atoms with Crippen LogP contribution in [-0.2, 0) is 6.54 Å². The van der Waals surface area contributed by atoms with Crippen LogP contribution in [0.4, 0.5) is 0 Å². The van der Waals surface area contributed by atoms with E-state index in [0.29, 0.717) is 0 Å². The first kappa shape index (κ1) is 14.9. The molecule has 0 saturated heterocycles. The predicted molar refractivity (Wildman–Crippen MR) is 75.1 cm³/mol. The summed E-state index contributed by atoms with van der Waals surface area (Å²) in [4.78, 5) is 6.81. The molecule has 0 fully saturated rings. The lowest BCUT2D eigenvalue weighted by Crippen LogP contribution is -2.23. The molecule has 0 radical (unpaired) electrons. The Balaban J connectivity index is 2.67. The van der Waals surface area contributed by atoms with E-state index in [1.165, 1.54) is 0 Å². The topological polar surface area (TPSA) is 37.4 Å². The van der Waals surface area contributed by atoms with Gasteiger partial charge in [-0.05, 0) is 47.5 Å². The zero-order valence-electron chi connectivity index (χ0n) is 12.2. The van der Waals surface area contributed by atoms with E-state index >= 15 is 0 Å². The number of methoxy groups -OCH3 is 1. The van der Waals surface area contributed by atoms with Crippen LogP contribution in [0.15, 0.2) is 6.20 Å². The number of aryl methyl sites for hydroxylation is 1. The van der Waals surface area contributed by atoms with Gasteiger partial charge < -0.3 is 15.0 Å². The van der Waals surface area contributed by atoms with Crippen molar-refractivity contribution in [3.8, 4) is 5.75 Å². The molecule has 4 nitrogen and oxygen atoms in total. The molecule has 0 aromatic carbocycles. The SMILES string of the molecule is CNCCCN(C)Cc1ncc(C)c(OC)c1C. The molecule has 0 amide bonds. The molecule has 1 heterocycles. The van der Waals surface area contributed by atoms with Crippen molar-refractivity contribution in [3.63, 3.8) is 0 Å². The first-order valence-corrected chi connectivity index (χ1v) is 6.42. The summed E-state index contributed by atoms with van der Waals surface area (Å²) in [5, 5.41) is 3.16. The van der Waals surface area contributed by atoms with Crippen LogP contribution >= 0.6 is 0 Å². The van der Waals surface area contributed by atoms with Crippen molar-refractivity contribution in [2.24, 2.45) is 0 Å². The standard InChI is InChI=1S/C14H25N3O/c1-11-9-16-13(12(2)14(11)18-5)10-17(4)8-6-7-15-3/h9,15H,6-8,10H2,1-5H3. The number of aromatic nitrogens is 1. The molecule has 1 rings (SSSR count). The van der Waals surface area contributed by atoms with Crippen LogP contribution in [0.2, 0.25) is 0 Å². The summed E-state index contributed by atoms with van der Waals surface area (Å²) in [5.41, 5.74) is 3.35. The zero-order chi connectivity index (χ0) is 13.5. The lowest BCUT2D eigenvalue weighted by Gasteiger charge is -2.19. The maximum absolute atomic E-state index is 5.43. The second-order valence-electron chi connectivity index (χ2n) is 4.74. The summed E-state index contributed by atoms with van der Waals surface area (Å²) in [5.74, 6) is 0.962. The highest BCUT2D eigenvalue weighted by Crippen LogP contribution is 2.24. The second-order valence-corrected chi connectivity index (χ2v) is 4.74. The Hall–Kier alpha value is -1.13. The Bertz CT molecular complexity index is 380. The average Bonchev–Trinajstić information content (AvgIpc) is 2.34. The number of hydrogen-bond acceptors (Lipinski definition) is 4. The van der Waals surface area contributed by atoms with Crippen molar-refractivity contribution in [3.05, 3.63) is 23.0 Å². The molecule has 0 unspecified atom stereocenters. The monoisotopic (exact) mass is 251 g/mol. The maximum Gasteiger partial charge on any atom is 0.128 e. The van der Waals surface area contributed by atoms with Crippen molar-refractivity contribution in [1.82, 2.24) is 15.2 Å². The van der Waals surface area contributed by atoms with Gasteiger partial charge in [-0.1, -0.05) is 0 Å². The number of hydrogen-bond donors (Lipinski definition) is 1. The first-order chi connectivity index (χ1) is 8.60. The summed E-state index contributed by atoms with van der Waals surface area (Å²) >= 11 is 0. The van der Waals surface area contributed by atoms with E-state index in [1.54, 1.807) is 7.11 Å². The maximum atomic E-state index is 5.43. The number of nitrogens with one attached hydrogen (secondary N) is 1. The van der Waals surface area contributed by atoms with Crippen LogP contribution in [0.5, 0.6) is 5.75 Å². The normalized spacial score (nSPS) is 11.0. The Labute approximate surface area is 110 Å². The molecule has 102 valence electrons. The van der Waals surface area contributed by atoms with Crippen molar-refractivity contribution >= 4 is 0 Å². The Morgan fingerprint density at radius 1 is 1.39 bits per heavy atom. The molecule has 0 aliphatic rings. The van der Waals surface area contributed by atoms with Gasteiger partial charge in [0.2, 0.25) is 0 Å². The lowest BCUT2D eigenvalue weighted by atomic mass is 10.1. The summed E-state index contributed by atoms with van der Waals surface area (Å²) in [6.07, 6.45) is 3.04. The fourth-order valence-electron chi connectivity index (χ4n) is 2.09. The van der Waals surface area contributed by atoms with Gasteiger partial charge in [0, 0.05) is 23.9 Å². The Morgan fingerprint density at radius 3 is 2.72 bits per heavy atom. The third-order valence-corrected chi connectivity index (χ3v) is 3.14. The zero-order valence-corrected chi connectivity index (χ0v) is 12.2. The minimum atomic E-state index is 0.867. The first-order valence-electron chi connectivity index (χ1n) is 6.42. The molecule has 0 atom stereocenters. The Morgan fingerprint density at radius 2 is 2.11 bits per heavy atom. The minimum Gasteiger partial charge on any atom is -0.496 e. The molecule has 0 bridgehead atoms. The van der Waals surface area contributed by atoms with Crippen LogP contribution in [0.25, 0.3) is 0 Å². The Kier molecular flexibility index (Phi) is 6.09. The summed E-state index contributed by atoms with van der Waals surface area (Å²) in [7, 11) is 5.83. The average molecular weight is 251 g/mol. The van der Waals surface area contributed by atoms with Gasteiger partial charge in [-0.25, -0.2) is 0 Å². The number of pyridine rings is 1. The fraction of sp³-hybridized carbons (Fsp3) is 0.643. The van der Waals surface area contributed by atoms with Gasteiger partial charge >= 0.3 is 0 Å². The smallest absolute Gasteiger partial charge is 0.128 e. The van der Waals surface area contributed by atoms with Crippen molar-refractivity contribution in [2.75, 3.05) is 34.3 Å². The van der Waals surface area contributed by atoms with Gasteiger partial charge in [-0.2, -0.15) is 0 Å². The van der Waals surface area contributed by atoms with Gasteiger partial charge in [0.05, 0.1) is 12.8 Å². The number of ether oxygens (including phenoxy) is 1. The number of nitrogens with zero attached hydrogens (tertiary/aromatic N) is 2. The summed E-state index contributed by atoms with van der Waals surface area (Å²) in [6, 6.07) is 0.